The van der Waals surface area contributed by atoms with Crippen molar-refractivity contribution in [3.63, 3.8) is 0 Å². The van der Waals surface area contributed by atoms with E-state index in [1.807, 2.05) is 0 Å². The van der Waals surface area contributed by atoms with Crippen LogP contribution in [0.25, 0.3) is 0 Å². The molecule has 176 valence electrons. The second-order valence-electron chi connectivity index (χ2n) is 7.42. The number of aliphatic imine (C=N–C) groups is 1. The van der Waals surface area contributed by atoms with Crippen molar-refractivity contribution in [1.29, 1.82) is 0 Å². The summed E-state index contributed by atoms with van der Waals surface area (Å²) in [6.45, 7) is -1.54. The van der Waals surface area contributed by atoms with Gasteiger partial charge in [0.15, 0.2) is 0 Å². The normalized spacial score (nSPS) is 25.8. The standard InChI is InChI=1S/C19H20F2N6O5S/c1-27-18(22)26-19(9-32-14(6-20)16(19)33(27,29)30)11-5-10(3-4-12(11)21)25-17(28)13-7-24-15(31-2)8-23-13/h3-5,7-8,14,16H,6,9H2,1-2H3,(H2,22,26)(H,25,28)/t14-,16+,19+/m0/s1. The summed E-state index contributed by atoms with van der Waals surface area (Å²) >= 11 is 0. The Morgan fingerprint density at radius 2 is 2.15 bits per heavy atom. The summed E-state index contributed by atoms with van der Waals surface area (Å²) < 4.78 is 65.8. The maximum atomic E-state index is 15.0. The Balaban J connectivity index is 1.75. The van der Waals surface area contributed by atoms with Gasteiger partial charge in [-0.3, -0.25) is 4.79 Å². The quantitative estimate of drug-likeness (QED) is 0.622. The summed E-state index contributed by atoms with van der Waals surface area (Å²) in [4.78, 5) is 24.6. The van der Waals surface area contributed by atoms with E-state index in [1.165, 1.54) is 38.7 Å². The van der Waals surface area contributed by atoms with Crippen LogP contribution in [0.3, 0.4) is 0 Å². The summed E-state index contributed by atoms with van der Waals surface area (Å²) in [5.74, 6) is -1.65. The van der Waals surface area contributed by atoms with Crippen molar-refractivity contribution in [2.75, 3.05) is 32.8 Å². The zero-order chi connectivity index (χ0) is 24.0. The van der Waals surface area contributed by atoms with Crippen LogP contribution >= 0.6 is 0 Å². The van der Waals surface area contributed by atoms with E-state index in [-0.39, 0.29) is 22.8 Å². The fraction of sp³-hybridized carbons (Fsp3) is 0.368. The Morgan fingerprint density at radius 1 is 1.39 bits per heavy atom. The zero-order valence-corrected chi connectivity index (χ0v) is 18.3. The summed E-state index contributed by atoms with van der Waals surface area (Å²) in [7, 11) is -1.66. The maximum absolute atomic E-state index is 15.0. The Kier molecular flexibility index (Phi) is 5.66. The van der Waals surface area contributed by atoms with Crippen molar-refractivity contribution in [3.05, 3.63) is 47.7 Å². The van der Waals surface area contributed by atoms with Crippen molar-refractivity contribution in [1.82, 2.24) is 14.3 Å². The smallest absolute Gasteiger partial charge is 0.275 e. The first kappa shape index (κ1) is 22.8. The van der Waals surface area contributed by atoms with Crippen LogP contribution in [-0.2, 0) is 20.3 Å². The number of nitrogens with two attached hydrogens (primary N) is 1. The molecule has 0 bridgehead atoms. The first-order valence-corrected chi connectivity index (χ1v) is 11.1. The lowest BCUT2D eigenvalue weighted by Crippen LogP contribution is -2.59. The minimum Gasteiger partial charge on any atom is -0.480 e. The monoisotopic (exact) mass is 482 g/mol. The number of methoxy groups -OCH3 is 1. The first-order valence-electron chi connectivity index (χ1n) is 9.62. The molecule has 11 nitrogen and oxygen atoms in total. The number of carbonyl (C=O) groups excluding carboxylic acids is 1. The lowest BCUT2D eigenvalue weighted by Gasteiger charge is -2.39. The highest BCUT2D eigenvalue weighted by atomic mass is 32.2. The highest BCUT2D eigenvalue weighted by Gasteiger charge is 2.62. The lowest BCUT2D eigenvalue weighted by molar-refractivity contribution is 0.0847. The van der Waals surface area contributed by atoms with E-state index in [4.69, 9.17) is 15.2 Å². The largest absolute Gasteiger partial charge is 0.480 e. The van der Waals surface area contributed by atoms with E-state index in [9.17, 15) is 17.6 Å². The molecule has 0 saturated carbocycles. The van der Waals surface area contributed by atoms with E-state index in [2.05, 4.69) is 20.3 Å². The fourth-order valence-electron chi connectivity index (χ4n) is 3.91. The van der Waals surface area contributed by atoms with Crippen LogP contribution < -0.4 is 15.8 Å². The van der Waals surface area contributed by atoms with E-state index in [1.54, 1.807) is 0 Å². The summed E-state index contributed by atoms with van der Waals surface area (Å²) in [6.07, 6.45) is 1.07. The fourth-order valence-corrected chi connectivity index (χ4v) is 5.82. The maximum Gasteiger partial charge on any atom is 0.275 e. The number of alkyl halides is 1. The second kappa shape index (κ2) is 8.19. The number of sulfonamides is 1. The number of hydrogen-bond donors (Lipinski definition) is 2. The molecule has 0 spiro atoms. The number of nitrogens with zero attached hydrogens (tertiary/aromatic N) is 4. The van der Waals surface area contributed by atoms with Crippen molar-refractivity contribution in [2.24, 2.45) is 10.7 Å². The lowest BCUT2D eigenvalue weighted by atomic mass is 9.86. The molecule has 0 radical (unpaired) electrons. The van der Waals surface area contributed by atoms with Gasteiger partial charge in [0.2, 0.25) is 21.9 Å². The Hall–Kier alpha value is -3.39. The third-order valence-electron chi connectivity index (χ3n) is 5.58. The Labute approximate surface area is 187 Å². The number of guanidine groups is 1. The number of hydrogen-bond acceptors (Lipinski definition) is 9. The molecular weight excluding hydrogens is 462 g/mol. The van der Waals surface area contributed by atoms with Crippen LogP contribution in [0.1, 0.15) is 16.1 Å². The van der Waals surface area contributed by atoms with E-state index in [0.717, 1.165) is 10.4 Å². The van der Waals surface area contributed by atoms with E-state index < -0.39 is 57.9 Å². The number of amides is 1. The molecule has 33 heavy (non-hydrogen) atoms. The number of fused-ring (bicyclic) bond motifs is 1. The Morgan fingerprint density at radius 3 is 2.79 bits per heavy atom. The van der Waals surface area contributed by atoms with Crippen LogP contribution in [0, 0.1) is 5.82 Å². The molecule has 3 heterocycles. The van der Waals surface area contributed by atoms with Gasteiger partial charge in [0.25, 0.3) is 5.91 Å². The average molecular weight is 482 g/mol. The first-order chi connectivity index (χ1) is 15.6. The SMILES string of the molecule is COc1cnc(C(=O)Nc2ccc(F)c([C@]34CO[C@@H](CF)[C@H]3S(=O)(=O)N(C)C(N)=N4)c2)cn1. The van der Waals surface area contributed by atoms with Gasteiger partial charge < -0.3 is 20.5 Å². The van der Waals surface area contributed by atoms with Gasteiger partial charge in [-0.25, -0.2) is 36.5 Å². The third kappa shape index (κ3) is 3.64. The second-order valence-corrected chi connectivity index (χ2v) is 9.51. The Bertz CT molecular complexity index is 1230. The zero-order valence-electron chi connectivity index (χ0n) is 17.5. The molecule has 1 aromatic carbocycles. The highest BCUT2D eigenvalue weighted by Crippen LogP contribution is 2.46. The van der Waals surface area contributed by atoms with Gasteiger partial charge in [0, 0.05) is 18.3 Å². The van der Waals surface area contributed by atoms with Crippen LogP contribution in [0.15, 0.2) is 35.6 Å². The van der Waals surface area contributed by atoms with Gasteiger partial charge in [-0.2, -0.15) is 0 Å². The van der Waals surface area contributed by atoms with Crippen molar-refractivity contribution in [3.8, 4) is 5.88 Å². The number of ether oxygens (including phenoxy) is 2. The number of benzene rings is 1. The summed E-state index contributed by atoms with van der Waals surface area (Å²) in [5, 5.41) is 0.986. The molecular formula is C19H20F2N6O5S. The predicted octanol–water partition coefficient (Wildman–Crippen LogP) is 0.399. The molecule has 1 fully saturated rings. The molecule has 2 aliphatic heterocycles. The van der Waals surface area contributed by atoms with Gasteiger partial charge >= 0.3 is 0 Å². The van der Waals surface area contributed by atoms with Gasteiger partial charge in [0.05, 0.1) is 26.1 Å². The molecule has 14 heteroatoms. The third-order valence-corrected chi connectivity index (χ3v) is 7.86. The molecule has 3 atom stereocenters. The summed E-state index contributed by atoms with van der Waals surface area (Å²) in [6, 6.07) is 3.53. The molecule has 3 N–H and O–H groups in total. The van der Waals surface area contributed by atoms with E-state index in [0.29, 0.717) is 0 Å². The van der Waals surface area contributed by atoms with E-state index >= 15 is 4.39 Å². The minimum atomic E-state index is -4.23. The summed E-state index contributed by atoms with van der Waals surface area (Å²) in [5.41, 5.74) is 3.86. The molecule has 1 amide bonds. The average Bonchev–Trinajstić information content (AvgIpc) is 3.19. The van der Waals surface area contributed by atoms with Crippen LogP contribution in [0.4, 0.5) is 14.5 Å². The molecule has 4 rings (SSSR count). The molecule has 2 aromatic rings. The van der Waals surface area contributed by atoms with Crippen LogP contribution in [-0.4, -0.2) is 73.4 Å². The molecule has 2 aliphatic rings. The molecule has 0 aliphatic carbocycles. The number of rotatable bonds is 5. The molecule has 1 aromatic heterocycles. The molecule has 1 saturated heterocycles. The predicted molar refractivity (Wildman–Crippen MR) is 112 cm³/mol. The van der Waals surface area contributed by atoms with Gasteiger partial charge in [-0.1, -0.05) is 0 Å². The number of nitrogens with one attached hydrogen (secondary N) is 1. The minimum absolute atomic E-state index is 0.0384. The molecule has 0 unspecified atom stereocenters. The van der Waals surface area contributed by atoms with Crippen molar-refractivity contribution < 1.29 is 31.5 Å². The van der Waals surface area contributed by atoms with Crippen LogP contribution in [0.5, 0.6) is 5.88 Å². The topological polar surface area (TPSA) is 149 Å². The van der Waals surface area contributed by atoms with Gasteiger partial charge in [0.1, 0.15) is 35.1 Å². The van der Waals surface area contributed by atoms with Gasteiger partial charge in [-0.05, 0) is 18.2 Å². The van der Waals surface area contributed by atoms with Crippen molar-refractivity contribution in [2.45, 2.75) is 16.9 Å². The number of anilines is 1. The van der Waals surface area contributed by atoms with Crippen molar-refractivity contribution >= 4 is 27.6 Å². The number of carbonyl (C=O) groups is 1. The highest BCUT2D eigenvalue weighted by molar-refractivity contribution is 7.90. The number of aromatic nitrogens is 2. The number of halogens is 2. The van der Waals surface area contributed by atoms with Crippen LogP contribution in [0.2, 0.25) is 0 Å². The van der Waals surface area contributed by atoms with Gasteiger partial charge in [-0.15, -0.1) is 0 Å².